The first-order valence-corrected chi connectivity index (χ1v) is 9.36. The maximum Gasteiger partial charge on any atom is 0.308 e. The third-order valence-electron chi connectivity index (χ3n) is 3.22. The van der Waals surface area contributed by atoms with E-state index in [9.17, 15) is 9.59 Å². The van der Waals surface area contributed by atoms with Crippen LogP contribution in [0.3, 0.4) is 0 Å². The summed E-state index contributed by atoms with van der Waals surface area (Å²) in [4.78, 5) is 24.0. The molecule has 0 unspecified atom stereocenters. The molecule has 1 N–H and O–H groups in total. The molecule has 2 aromatic rings. The lowest BCUT2D eigenvalue weighted by Crippen LogP contribution is -2.20. The number of thioether (sulfide) groups is 1. The summed E-state index contributed by atoms with van der Waals surface area (Å²) >= 11 is 7.69. The Hall–Kier alpha value is -2.31. The SMILES string of the molecule is CCSc1ccc(Cl)cc1CC(=O)N/N=C\c1ccc(OC(C)=O)cc1. The summed E-state index contributed by atoms with van der Waals surface area (Å²) in [5, 5.41) is 4.56. The van der Waals surface area contributed by atoms with E-state index in [1.165, 1.54) is 13.1 Å². The number of hydrogen-bond acceptors (Lipinski definition) is 5. The fraction of sp³-hybridized carbons (Fsp3) is 0.211. The van der Waals surface area contributed by atoms with Crippen LogP contribution in [0.2, 0.25) is 5.02 Å². The number of carbonyl (C=O) groups is 2. The Kier molecular flexibility index (Phi) is 7.69. The van der Waals surface area contributed by atoms with E-state index in [0.717, 1.165) is 21.8 Å². The number of esters is 1. The van der Waals surface area contributed by atoms with Crippen molar-refractivity contribution in [1.82, 2.24) is 5.43 Å². The Balaban J connectivity index is 1.93. The lowest BCUT2D eigenvalue weighted by molar-refractivity contribution is -0.131. The Bertz CT molecular complexity index is 807. The molecule has 2 rings (SSSR count). The number of rotatable bonds is 7. The van der Waals surface area contributed by atoms with Gasteiger partial charge in [-0.05, 0) is 59.3 Å². The summed E-state index contributed by atoms with van der Waals surface area (Å²) < 4.78 is 4.95. The number of benzene rings is 2. The monoisotopic (exact) mass is 390 g/mol. The molecule has 0 aliphatic heterocycles. The summed E-state index contributed by atoms with van der Waals surface area (Å²) in [5.74, 6) is 0.775. The van der Waals surface area contributed by atoms with Crippen LogP contribution in [0, 0.1) is 0 Å². The van der Waals surface area contributed by atoms with Crippen molar-refractivity contribution in [2.24, 2.45) is 5.10 Å². The zero-order valence-electron chi connectivity index (χ0n) is 14.5. The number of hydrazone groups is 1. The summed E-state index contributed by atoms with van der Waals surface area (Å²) in [6, 6.07) is 12.3. The Labute approximate surface area is 161 Å². The van der Waals surface area contributed by atoms with E-state index in [1.807, 2.05) is 12.1 Å². The van der Waals surface area contributed by atoms with Crippen molar-refractivity contribution in [3.05, 3.63) is 58.6 Å². The molecule has 0 saturated carbocycles. The highest BCUT2D eigenvalue weighted by Gasteiger charge is 2.08. The second-order valence-corrected chi connectivity index (χ2v) is 7.06. The molecule has 26 heavy (non-hydrogen) atoms. The average Bonchev–Trinajstić information content (AvgIpc) is 2.58. The molecule has 2 aromatic carbocycles. The Morgan fingerprint density at radius 2 is 1.96 bits per heavy atom. The van der Waals surface area contributed by atoms with Crippen LogP contribution in [-0.2, 0) is 16.0 Å². The normalized spacial score (nSPS) is 10.7. The van der Waals surface area contributed by atoms with E-state index in [0.29, 0.717) is 10.8 Å². The minimum absolute atomic E-state index is 0.200. The van der Waals surface area contributed by atoms with Crippen LogP contribution in [0.25, 0.3) is 0 Å². The van der Waals surface area contributed by atoms with Gasteiger partial charge in [0.15, 0.2) is 0 Å². The first-order valence-electron chi connectivity index (χ1n) is 7.99. The smallest absolute Gasteiger partial charge is 0.308 e. The second-order valence-electron chi connectivity index (χ2n) is 5.32. The highest BCUT2D eigenvalue weighted by atomic mass is 35.5. The Morgan fingerprint density at radius 1 is 1.23 bits per heavy atom. The predicted octanol–water partition coefficient (Wildman–Crippen LogP) is 4.07. The average molecular weight is 391 g/mol. The van der Waals surface area contributed by atoms with Gasteiger partial charge >= 0.3 is 5.97 Å². The number of amides is 1. The zero-order valence-corrected chi connectivity index (χ0v) is 16.1. The van der Waals surface area contributed by atoms with Crippen LogP contribution in [0.4, 0.5) is 0 Å². The predicted molar refractivity (Wildman–Crippen MR) is 105 cm³/mol. The van der Waals surface area contributed by atoms with E-state index in [4.69, 9.17) is 16.3 Å². The van der Waals surface area contributed by atoms with Gasteiger partial charge in [0.1, 0.15) is 5.75 Å². The van der Waals surface area contributed by atoms with Crippen molar-refractivity contribution >= 4 is 41.5 Å². The summed E-state index contributed by atoms with van der Waals surface area (Å²) in [6.45, 7) is 3.40. The molecule has 1 amide bonds. The largest absolute Gasteiger partial charge is 0.427 e. The summed E-state index contributed by atoms with van der Waals surface area (Å²) in [6.07, 6.45) is 1.72. The van der Waals surface area contributed by atoms with Gasteiger partial charge in [-0.25, -0.2) is 5.43 Å². The number of carbonyl (C=O) groups excluding carboxylic acids is 2. The fourth-order valence-electron chi connectivity index (χ4n) is 2.16. The zero-order chi connectivity index (χ0) is 18.9. The Morgan fingerprint density at radius 3 is 2.62 bits per heavy atom. The van der Waals surface area contributed by atoms with Gasteiger partial charge in [0.05, 0.1) is 12.6 Å². The number of ether oxygens (including phenoxy) is 1. The van der Waals surface area contributed by atoms with Gasteiger partial charge in [0.2, 0.25) is 5.91 Å². The van der Waals surface area contributed by atoms with Crippen LogP contribution >= 0.6 is 23.4 Å². The van der Waals surface area contributed by atoms with Crippen LogP contribution in [0.5, 0.6) is 5.75 Å². The number of halogens is 1. The van der Waals surface area contributed by atoms with Gasteiger partial charge in [-0.2, -0.15) is 5.10 Å². The van der Waals surface area contributed by atoms with Crippen molar-refractivity contribution < 1.29 is 14.3 Å². The molecule has 0 radical (unpaired) electrons. The quantitative estimate of drug-likeness (QED) is 0.254. The number of nitrogens with zero attached hydrogens (tertiary/aromatic N) is 1. The lowest BCUT2D eigenvalue weighted by Gasteiger charge is -2.08. The summed E-state index contributed by atoms with van der Waals surface area (Å²) in [7, 11) is 0. The molecule has 0 heterocycles. The molecule has 0 aliphatic rings. The maximum atomic E-state index is 12.1. The molecule has 0 aliphatic carbocycles. The van der Waals surface area contributed by atoms with Crippen LogP contribution in [-0.4, -0.2) is 23.8 Å². The van der Waals surface area contributed by atoms with E-state index in [-0.39, 0.29) is 18.3 Å². The van der Waals surface area contributed by atoms with Crippen LogP contribution in [0.1, 0.15) is 25.0 Å². The molecule has 0 saturated heterocycles. The van der Waals surface area contributed by atoms with Gasteiger partial charge in [0, 0.05) is 16.8 Å². The van der Waals surface area contributed by atoms with E-state index in [2.05, 4.69) is 17.5 Å². The lowest BCUT2D eigenvalue weighted by atomic mass is 10.1. The molecule has 5 nitrogen and oxygen atoms in total. The van der Waals surface area contributed by atoms with Gasteiger partial charge in [-0.1, -0.05) is 18.5 Å². The highest BCUT2D eigenvalue weighted by Crippen LogP contribution is 2.26. The van der Waals surface area contributed by atoms with Gasteiger partial charge < -0.3 is 4.74 Å². The molecule has 7 heteroatoms. The minimum atomic E-state index is -0.375. The fourth-order valence-corrected chi connectivity index (χ4v) is 3.15. The third kappa shape index (κ3) is 6.54. The molecule has 0 bridgehead atoms. The number of nitrogens with one attached hydrogen (secondary N) is 1. The van der Waals surface area contributed by atoms with E-state index >= 15 is 0 Å². The third-order valence-corrected chi connectivity index (χ3v) is 4.45. The van der Waals surface area contributed by atoms with Crippen molar-refractivity contribution in [3.8, 4) is 5.75 Å². The van der Waals surface area contributed by atoms with Crippen molar-refractivity contribution in [1.29, 1.82) is 0 Å². The van der Waals surface area contributed by atoms with Gasteiger partial charge in [-0.15, -0.1) is 11.8 Å². The number of hydrogen-bond donors (Lipinski definition) is 1. The van der Waals surface area contributed by atoms with E-state index in [1.54, 1.807) is 42.1 Å². The maximum absolute atomic E-state index is 12.1. The molecular weight excluding hydrogens is 372 g/mol. The molecule has 0 spiro atoms. The van der Waals surface area contributed by atoms with Gasteiger partial charge in [-0.3, -0.25) is 9.59 Å². The molecular formula is C19H19ClN2O3S. The van der Waals surface area contributed by atoms with Crippen molar-refractivity contribution in [2.75, 3.05) is 5.75 Å². The van der Waals surface area contributed by atoms with Crippen LogP contribution < -0.4 is 10.2 Å². The standard InChI is InChI=1S/C19H19ClN2O3S/c1-3-26-18-9-6-16(20)10-15(18)11-19(24)22-21-12-14-4-7-17(8-5-14)25-13(2)23/h4-10,12H,3,11H2,1-2H3,(H,22,24)/b21-12-. The molecule has 136 valence electrons. The van der Waals surface area contributed by atoms with Gasteiger partial charge in [0.25, 0.3) is 0 Å². The van der Waals surface area contributed by atoms with Crippen molar-refractivity contribution in [2.45, 2.75) is 25.2 Å². The molecule has 0 atom stereocenters. The topological polar surface area (TPSA) is 67.8 Å². The summed E-state index contributed by atoms with van der Waals surface area (Å²) in [5.41, 5.74) is 4.16. The molecule has 0 aromatic heterocycles. The molecule has 0 fully saturated rings. The van der Waals surface area contributed by atoms with Crippen molar-refractivity contribution in [3.63, 3.8) is 0 Å². The second kappa shape index (κ2) is 9.99. The van der Waals surface area contributed by atoms with E-state index < -0.39 is 0 Å². The highest BCUT2D eigenvalue weighted by molar-refractivity contribution is 7.99. The van der Waals surface area contributed by atoms with Crippen LogP contribution in [0.15, 0.2) is 52.5 Å². The first kappa shape index (κ1) is 20.0. The first-order chi connectivity index (χ1) is 12.5. The minimum Gasteiger partial charge on any atom is -0.427 e.